The molecule has 0 spiro atoms. The van der Waals surface area contributed by atoms with Gasteiger partial charge in [0.05, 0.1) is 5.60 Å². The highest BCUT2D eigenvalue weighted by molar-refractivity contribution is 5.65. The Labute approximate surface area is 84.2 Å². The quantitative estimate of drug-likeness (QED) is 0.690. The Kier molecular flexibility index (Phi) is 3.89. The van der Waals surface area contributed by atoms with Gasteiger partial charge in [-0.3, -0.25) is 4.79 Å². The van der Waals surface area contributed by atoms with Gasteiger partial charge in [-0.2, -0.15) is 0 Å². The number of hydrogen-bond acceptors (Lipinski definition) is 4. The Bertz CT molecular complexity index is 196. The van der Waals surface area contributed by atoms with E-state index in [0.717, 1.165) is 19.3 Å². The number of ether oxygens (including phenoxy) is 2. The summed E-state index contributed by atoms with van der Waals surface area (Å²) in [4.78, 5) is 10.6. The third-order valence-electron chi connectivity index (χ3n) is 2.65. The summed E-state index contributed by atoms with van der Waals surface area (Å²) in [5.74, 6) is -0.372. The van der Waals surface area contributed by atoms with Gasteiger partial charge in [-0.1, -0.05) is 0 Å². The highest BCUT2D eigenvalue weighted by Gasteiger charge is 2.36. The molecule has 0 amide bonds. The van der Waals surface area contributed by atoms with Crippen LogP contribution in [0.1, 0.15) is 33.1 Å². The Morgan fingerprint density at radius 1 is 1.64 bits per heavy atom. The zero-order valence-corrected chi connectivity index (χ0v) is 8.78. The molecule has 0 aromatic heterocycles. The van der Waals surface area contributed by atoms with Crippen molar-refractivity contribution in [1.29, 1.82) is 0 Å². The number of carbonyl (C=O) groups is 1. The zero-order chi connectivity index (χ0) is 10.6. The van der Waals surface area contributed by atoms with Gasteiger partial charge in [0.25, 0.3) is 0 Å². The summed E-state index contributed by atoms with van der Waals surface area (Å²) < 4.78 is 10.3. The summed E-state index contributed by atoms with van der Waals surface area (Å²) in [7, 11) is 0. The number of hydrogen-bond donors (Lipinski definition) is 1. The molecule has 1 aliphatic rings. The molecule has 0 bridgehead atoms. The van der Waals surface area contributed by atoms with Crippen molar-refractivity contribution >= 4 is 5.97 Å². The molecule has 0 aromatic carbocycles. The maximum atomic E-state index is 10.6. The molecule has 1 fully saturated rings. The maximum absolute atomic E-state index is 10.6. The molecule has 0 aromatic rings. The average molecular weight is 202 g/mol. The number of esters is 1. The van der Waals surface area contributed by atoms with E-state index in [1.807, 2.05) is 6.92 Å². The van der Waals surface area contributed by atoms with Crippen molar-refractivity contribution in [3.63, 3.8) is 0 Å². The molecule has 0 radical (unpaired) electrons. The SMILES string of the molecule is CC(=O)OC[C@@H](O)[C@]1(C)CCCCO1. The first-order valence-electron chi connectivity index (χ1n) is 5.00. The van der Waals surface area contributed by atoms with Crippen LogP contribution in [0.3, 0.4) is 0 Å². The van der Waals surface area contributed by atoms with Crippen LogP contribution in [0.15, 0.2) is 0 Å². The summed E-state index contributed by atoms with van der Waals surface area (Å²) in [6, 6.07) is 0. The van der Waals surface area contributed by atoms with Crippen LogP contribution in [0.4, 0.5) is 0 Å². The van der Waals surface area contributed by atoms with Crippen molar-refractivity contribution < 1.29 is 19.4 Å². The molecule has 82 valence electrons. The van der Waals surface area contributed by atoms with E-state index >= 15 is 0 Å². The molecule has 1 saturated heterocycles. The molecule has 0 aliphatic carbocycles. The second-order valence-electron chi connectivity index (χ2n) is 3.94. The minimum Gasteiger partial charge on any atom is -0.463 e. The molecule has 1 aliphatic heterocycles. The molecule has 1 rings (SSSR count). The van der Waals surface area contributed by atoms with Gasteiger partial charge in [0.15, 0.2) is 0 Å². The van der Waals surface area contributed by atoms with Crippen molar-refractivity contribution in [3.05, 3.63) is 0 Å². The molecule has 0 saturated carbocycles. The van der Waals surface area contributed by atoms with Gasteiger partial charge >= 0.3 is 5.97 Å². The first kappa shape index (κ1) is 11.5. The van der Waals surface area contributed by atoms with Gasteiger partial charge in [0.1, 0.15) is 12.7 Å². The summed E-state index contributed by atoms with van der Waals surface area (Å²) in [6.07, 6.45) is 2.17. The Hall–Kier alpha value is -0.610. The van der Waals surface area contributed by atoms with Gasteiger partial charge < -0.3 is 14.6 Å². The van der Waals surface area contributed by atoms with Crippen LogP contribution in [-0.4, -0.2) is 36.0 Å². The van der Waals surface area contributed by atoms with E-state index in [2.05, 4.69) is 0 Å². The molecule has 2 atom stereocenters. The molecule has 1 heterocycles. The van der Waals surface area contributed by atoms with Crippen molar-refractivity contribution in [2.24, 2.45) is 0 Å². The van der Waals surface area contributed by atoms with Crippen molar-refractivity contribution in [1.82, 2.24) is 0 Å². The monoisotopic (exact) mass is 202 g/mol. The minimum atomic E-state index is -0.730. The zero-order valence-electron chi connectivity index (χ0n) is 8.78. The second-order valence-corrected chi connectivity index (χ2v) is 3.94. The first-order chi connectivity index (χ1) is 6.54. The van der Waals surface area contributed by atoms with E-state index < -0.39 is 11.7 Å². The first-order valence-corrected chi connectivity index (χ1v) is 5.00. The third-order valence-corrected chi connectivity index (χ3v) is 2.65. The number of aliphatic hydroxyl groups is 1. The van der Waals surface area contributed by atoms with E-state index in [1.165, 1.54) is 6.92 Å². The molecule has 0 unspecified atom stereocenters. The Morgan fingerprint density at radius 3 is 2.86 bits per heavy atom. The van der Waals surface area contributed by atoms with Crippen LogP contribution in [0.2, 0.25) is 0 Å². The van der Waals surface area contributed by atoms with Gasteiger partial charge in [-0.15, -0.1) is 0 Å². The van der Waals surface area contributed by atoms with Gasteiger partial charge in [-0.25, -0.2) is 0 Å². The lowest BCUT2D eigenvalue weighted by molar-refractivity contribution is -0.166. The molecule has 4 nitrogen and oxygen atoms in total. The fourth-order valence-corrected chi connectivity index (χ4v) is 1.59. The summed E-state index contributed by atoms with van der Waals surface area (Å²) >= 11 is 0. The molecular formula is C10H18O4. The molecular weight excluding hydrogens is 184 g/mol. The summed E-state index contributed by atoms with van der Waals surface area (Å²) in [5, 5.41) is 9.78. The minimum absolute atomic E-state index is 0.0197. The lowest BCUT2D eigenvalue weighted by atomic mass is 9.90. The fourth-order valence-electron chi connectivity index (χ4n) is 1.59. The predicted octanol–water partition coefficient (Wildman–Crippen LogP) is 0.870. The van der Waals surface area contributed by atoms with E-state index in [9.17, 15) is 9.90 Å². The number of rotatable bonds is 3. The maximum Gasteiger partial charge on any atom is 0.302 e. The van der Waals surface area contributed by atoms with Crippen LogP contribution in [0, 0.1) is 0 Å². The highest BCUT2D eigenvalue weighted by Crippen LogP contribution is 2.27. The Morgan fingerprint density at radius 2 is 2.36 bits per heavy atom. The third kappa shape index (κ3) is 2.96. The van der Waals surface area contributed by atoms with Crippen LogP contribution in [0.5, 0.6) is 0 Å². The van der Waals surface area contributed by atoms with Crippen molar-refractivity contribution in [3.8, 4) is 0 Å². The topological polar surface area (TPSA) is 55.8 Å². The lowest BCUT2D eigenvalue weighted by Gasteiger charge is -2.37. The lowest BCUT2D eigenvalue weighted by Crippen LogP contribution is -2.47. The van der Waals surface area contributed by atoms with Gasteiger partial charge in [0, 0.05) is 13.5 Å². The van der Waals surface area contributed by atoms with Crippen molar-refractivity contribution in [2.45, 2.75) is 44.8 Å². The number of aliphatic hydroxyl groups excluding tert-OH is 1. The Balaban J connectivity index is 2.40. The van der Waals surface area contributed by atoms with E-state index in [4.69, 9.17) is 9.47 Å². The average Bonchev–Trinajstić information content (AvgIpc) is 2.15. The van der Waals surface area contributed by atoms with E-state index in [0.29, 0.717) is 6.61 Å². The smallest absolute Gasteiger partial charge is 0.302 e. The predicted molar refractivity (Wildman–Crippen MR) is 50.8 cm³/mol. The van der Waals surface area contributed by atoms with Crippen molar-refractivity contribution in [2.75, 3.05) is 13.2 Å². The standard InChI is InChI=1S/C10H18O4/c1-8(11)13-7-9(12)10(2)5-3-4-6-14-10/h9,12H,3-7H2,1-2H3/t9-,10+/m1/s1. The van der Waals surface area contributed by atoms with Crippen LogP contribution in [-0.2, 0) is 14.3 Å². The largest absolute Gasteiger partial charge is 0.463 e. The normalized spacial score (nSPS) is 29.6. The molecule has 14 heavy (non-hydrogen) atoms. The van der Waals surface area contributed by atoms with Gasteiger partial charge in [-0.05, 0) is 26.2 Å². The van der Waals surface area contributed by atoms with E-state index in [1.54, 1.807) is 0 Å². The number of carbonyl (C=O) groups excluding carboxylic acids is 1. The van der Waals surface area contributed by atoms with Crippen LogP contribution < -0.4 is 0 Å². The summed E-state index contributed by atoms with van der Waals surface area (Å²) in [6.45, 7) is 3.89. The molecule has 1 N–H and O–H groups in total. The molecule has 4 heteroatoms. The second kappa shape index (κ2) is 4.75. The van der Waals surface area contributed by atoms with E-state index in [-0.39, 0.29) is 12.6 Å². The summed E-state index contributed by atoms with van der Waals surface area (Å²) in [5.41, 5.74) is -0.548. The van der Waals surface area contributed by atoms with Crippen LogP contribution in [0.25, 0.3) is 0 Å². The fraction of sp³-hybridized carbons (Fsp3) is 0.900. The van der Waals surface area contributed by atoms with Gasteiger partial charge in [0.2, 0.25) is 0 Å². The van der Waals surface area contributed by atoms with Crippen LogP contribution >= 0.6 is 0 Å². The highest BCUT2D eigenvalue weighted by atomic mass is 16.6.